The molecule has 0 aromatic heterocycles. The van der Waals surface area contributed by atoms with Crippen LogP contribution in [-0.2, 0) is 9.53 Å². The summed E-state index contributed by atoms with van der Waals surface area (Å²) < 4.78 is 5.38. The van der Waals surface area contributed by atoms with Crippen LogP contribution in [0.4, 0.5) is 0 Å². The minimum Gasteiger partial charge on any atom is -0.379 e. The Hall–Kier alpha value is -0.610. The Kier molecular flexibility index (Phi) is 5.22. The Labute approximate surface area is 116 Å². The second-order valence-electron chi connectivity index (χ2n) is 6.37. The van der Waals surface area contributed by atoms with E-state index in [1.807, 2.05) is 0 Å². The maximum Gasteiger partial charge on any atom is 0.237 e. The van der Waals surface area contributed by atoms with E-state index in [0.717, 1.165) is 6.42 Å². The highest BCUT2D eigenvalue weighted by Gasteiger charge is 2.38. The molecule has 4 atom stereocenters. The van der Waals surface area contributed by atoms with Crippen LogP contribution in [0.25, 0.3) is 0 Å². The van der Waals surface area contributed by atoms with Crippen molar-refractivity contribution < 1.29 is 9.53 Å². The number of carbonyl (C=O) groups excluding carboxylic acids is 1. The molecule has 1 amide bonds. The molecule has 2 N–H and O–H groups in total. The molecule has 2 aliphatic rings. The van der Waals surface area contributed by atoms with Crippen molar-refractivity contribution in [3.63, 3.8) is 0 Å². The number of ether oxygens (including phenoxy) is 1. The van der Waals surface area contributed by atoms with Gasteiger partial charge in [0.2, 0.25) is 5.91 Å². The van der Waals surface area contributed by atoms with Gasteiger partial charge in [-0.2, -0.15) is 0 Å². The maximum atomic E-state index is 12.2. The molecule has 4 unspecified atom stereocenters. The summed E-state index contributed by atoms with van der Waals surface area (Å²) in [7, 11) is 1.71. The number of rotatable bonds is 5. The van der Waals surface area contributed by atoms with E-state index in [4.69, 9.17) is 4.74 Å². The summed E-state index contributed by atoms with van der Waals surface area (Å²) in [5.41, 5.74) is 0. The van der Waals surface area contributed by atoms with Crippen LogP contribution >= 0.6 is 0 Å². The van der Waals surface area contributed by atoms with E-state index in [1.165, 1.54) is 25.7 Å². The summed E-state index contributed by atoms with van der Waals surface area (Å²) in [6.07, 6.45) is 6.27. The lowest BCUT2D eigenvalue weighted by Crippen LogP contribution is -2.46. The van der Waals surface area contributed by atoms with Crippen LogP contribution in [-0.4, -0.2) is 37.7 Å². The average Bonchev–Trinajstić information content (AvgIpc) is 2.82. The van der Waals surface area contributed by atoms with E-state index in [2.05, 4.69) is 24.5 Å². The van der Waals surface area contributed by atoms with Gasteiger partial charge in [-0.1, -0.05) is 26.7 Å². The largest absolute Gasteiger partial charge is 0.379 e. The number of nitrogens with one attached hydrogen (secondary N) is 2. The summed E-state index contributed by atoms with van der Waals surface area (Å²) in [6, 6.07) is 0.589. The average molecular weight is 268 g/mol. The van der Waals surface area contributed by atoms with Crippen molar-refractivity contribution in [2.24, 2.45) is 11.8 Å². The number of methoxy groups -OCH3 is 1. The highest BCUT2D eigenvalue weighted by atomic mass is 16.5. The summed E-state index contributed by atoms with van der Waals surface area (Å²) in [5, 5.41) is 6.55. The van der Waals surface area contributed by atoms with E-state index in [1.54, 1.807) is 7.11 Å². The van der Waals surface area contributed by atoms with Crippen molar-refractivity contribution in [3.8, 4) is 0 Å². The molecule has 19 heavy (non-hydrogen) atoms. The highest BCUT2D eigenvalue weighted by molar-refractivity contribution is 5.82. The molecule has 1 saturated carbocycles. The summed E-state index contributed by atoms with van der Waals surface area (Å²) in [5.74, 6) is 1.29. The number of hydrogen-bond donors (Lipinski definition) is 2. The van der Waals surface area contributed by atoms with E-state index < -0.39 is 0 Å². The Balaban J connectivity index is 1.77. The molecule has 2 fully saturated rings. The van der Waals surface area contributed by atoms with Crippen molar-refractivity contribution in [1.29, 1.82) is 0 Å². The number of fused-ring (bicyclic) bond motifs is 1. The lowest BCUT2D eigenvalue weighted by molar-refractivity contribution is -0.123. The van der Waals surface area contributed by atoms with Crippen LogP contribution in [0.5, 0.6) is 0 Å². The molecular weight excluding hydrogens is 240 g/mol. The van der Waals surface area contributed by atoms with Gasteiger partial charge in [0.15, 0.2) is 0 Å². The molecule has 0 aromatic rings. The Morgan fingerprint density at radius 3 is 2.74 bits per heavy atom. The molecule has 2 rings (SSSR count). The highest BCUT2D eigenvalue weighted by Crippen LogP contribution is 2.33. The molecule has 4 nitrogen and oxygen atoms in total. The van der Waals surface area contributed by atoms with Gasteiger partial charge >= 0.3 is 0 Å². The van der Waals surface area contributed by atoms with Crippen LogP contribution in [0.1, 0.15) is 46.0 Å². The van der Waals surface area contributed by atoms with Gasteiger partial charge in [0.05, 0.1) is 12.1 Å². The fourth-order valence-electron chi connectivity index (χ4n) is 3.44. The van der Waals surface area contributed by atoms with E-state index >= 15 is 0 Å². The monoisotopic (exact) mass is 268 g/mol. The van der Waals surface area contributed by atoms with Crippen LogP contribution in [0.3, 0.4) is 0 Å². The first-order valence-corrected chi connectivity index (χ1v) is 7.68. The van der Waals surface area contributed by atoms with Gasteiger partial charge in [0.1, 0.15) is 0 Å². The minimum atomic E-state index is 0.0118. The number of amides is 1. The Bertz CT molecular complexity index is 293. The lowest BCUT2D eigenvalue weighted by Gasteiger charge is -2.24. The van der Waals surface area contributed by atoms with Gasteiger partial charge in [0, 0.05) is 19.7 Å². The normalized spacial score (nSPS) is 32.1. The molecule has 0 radical (unpaired) electrons. The van der Waals surface area contributed by atoms with Crippen LogP contribution in [0.15, 0.2) is 0 Å². The molecule has 1 heterocycles. The summed E-state index contributed by atoms with van der Waals surface area (Å²) in [4.78, 5) is 12.2. The van der Waals surface area contributed by atoms with Crippen molar-refractivity contribution in [1.82, 2.24) is 10.6 Å². The third-order valence-corrected chi connectivity index (χ3v) is 4.70. The summed E-state index contributed by atoms with van der Waals surface area (Å²) in [6.45, 7) is 4.84. The standard InChI is InChI=1S/C15H28N2O2/c1-10(2)14(19-3)9-16-15(18)13-8-11-6-4-5-7-12(11)17-13/h10-14,17H,4-9H2,1-3H3,(H,16,18). The van der Waals surface area contributed by atoms with Gasteiger partial charge in [0.25, 0.3) is 0 Å². The van der Waals surface area contributed by atoms with E-state index in [9.17, 15) is 4.79 Å². The second-order valence-corrected chi connectivity index (χ2v) is 6.37. The molecule has 1 aliphatic heterocycles. The van der Waals surface area contributed by atoms with Crippen LogP contribution < -0.4 is 10.6 Å². The number of carbonyl (C=O) groups is 1. The van der Waals surface area contributed by atoms with Crippen molar-refractivity contribution in [2.75, 3.05) is 13.7 Å². The first-order valence-electron chi connectivity index (χ1n) is 7.68. The molecule has 110 valence electrons. The van der Waals surface area contributed by atoms with Crippen molar-refractivity contribution in [2.45, 2.75) is 64.1 Å². The van der Waals surface area contributed by atoms with Gasteiger partial charge in [-0.25, -0.2) is 0 Å². The van der Waals surface area contributed by atoms with Gasteiger partial charge in [-0.05, 0) is 31.1 Å². The van der Waals surface area contributed by atoms with Crippen molar-refractivity contribution in [3.05, 3.63) is 0 Å². The van der Waals surface area contributed by atoms with E-state index in [-0.39, 0.29) is 18.1 Å². The zero-order valence-electron chi connectivity index (χ0n) is 12.4. The first kappa shape index (κ1) is 14.8. The van der Waals surface area contributed by atoms with Crippen LogP contribution in [0.2, 0.25) is 0 Å². The topological polar surface area (TPSA) is 50.4 Å². The second kappa shape index (κ2) is 6.71. The lowest BCUT2D eigenvalue weighted by atomic mass is 9.85. The molecule has 0 aromatic carbocycles. The summed E-state index contributed by atoms with van der Waals surface area (Å²) >= 11 is 0. The first-order chi connectivity index (χ1) is 9.11. The fraction of sp³-hybridized carbons (Fsp3) is 0.933. The smallest absolute Gasteiger partial charge is 0.237 e. The molecule has 1 aliphatic carbocycles. The van der Waals surface area contributed by atoms with Crippen LogP contribution in [0, 0.1) is 11.8 Å². The predicted octanol–water partition coefficient (Wildman–Crippen LogP) is 1.69. The quantitative estimate of drug-likeness (QED) is 0.798. The van der Waals surface area contributed by atoms with Gasteiger partial charge in [-0.15, -0.1) is 0 Å². The molecule has 4 heteroatoms. The van der Waals surface area contributed by atoms with Gasteiger partial charge in [-0.3, -0.25) is 4.79 Å². The zero-order valence-corrected chi connectivity index (χ0v) is 12.4. The predicted molar refractivity (Wildman–Crippen MR) is 75.9 cm³/mol. The van der Waals surface area contributed by atoms with E-state index in [0.29, 0.717) is 24.4 Å². The van der Waals surface area contributed by atoms with Gasteiger partial charge < -0.3 is 15.4 Å². The SMILES string of the molecule is COC(CNC(=O)C1CC2CCCCC2N1)C(C)C. The fourth-order valence-corrected chi connectivity index (χ4v) is 3.44. The molecule has 0 spiro atoms. The molecule has 1 saturated heterocycles. The number of hydrogen-bond acceptors (Lipinski definition) is 3. The maximum absolute atomic E-state index is 12.2. The molecule has 0 bridgehead atoms. The van der Waals surface area contributed by atoms with Crippen molar-refractivity contribution >= 4 is 5.91 Å². The Morgan fingerprint density at radius 2 is 2.11 bits per heavy atom. The zero-order chi connectivity index (χ0) is 13.8. The third-order valence-electron chi connectivity index (χ3n) is 4.70. The third kappa shape index (κ3) is 3.69. The minimum absolute atomic E-state index is 0.0118. The Morgan fingerprint density at radius 1 is 1.37 bits per heavy atom. The molecular formula is C15H28N2O2.